The molecule has 0 atom stereocenters. The van der Waals surface area contributed by atoms with E-state index in [0.29, 0.717) is 11.6 Å². The van der Waals surface area contributed by atoms with Crippen LogP contribution in [0.4, 0.5) is 5.82 Å². The van der Waals surface area contributed by atoms with Crippen molar-refractivity contribution < 1.29 is 0 Å². The van der Waals surface area contributed by atoms with E-state index in [-0.39, 0.29) is 0 Å². The summed E-state index contributed by atoms with van der Waals surface area (Å²) in [5, 5.41) is 0.899. The Kier molecular flexibility index (Phi) is 3.40. The molecule has 0 unspecified atom stereocenters. The van der Waals surface area contributed by atoms with E-state index in [2.05, 4.69) is 21.0 Å². The topological polar surface area (TPSA) is 64.7 Å². The lowest BCUT2D eigenvalue weighted by atomic mass is 10.2. The van der Waals surface area contributed by atoms with Crippen LogP contribution in [0.1, 0.15) is 5.82 Å². The Bertz CT molecular complexity index is 932. The van der Waals surface area contributed by atoms with E-state index in [9.17, 15) is 0 Å². The lowest BCUT2D eigenvalue weighted by Crippen LogP contribution is -1.99. The molecule has 4 nitrogen and oxygen atoms in total. The number of hydrogen-bond donors (Lipinski definition) is 1. The summed E-state index contributed by atoms with van der Waals surface area (Å²) in [6.45, 7) is 0. The first-order chi connectivity index (χ1) is 10.8. The van der Waals surface area contributed by atoms with Gasteiger partial charge in [-0.3, -0.25) is 0 Å². The predicted molar refractivity (Wildman–Crippen MR) is 93.1 cm³/mol. The number of fused-ring (bicyclic) bond motifs is 2. The van der Waals surface area contributed by atoms with Crippen LogP contribution in [0.2, 0.25) is 0 Å². The Hall–Kier alpha value is -2.18. The Labute approximate surface area is 135 Å². The van der Waals surface area contributed by atoms with Gasteiger partial charge in [0.1, 0.15) is 11.6 Å². The molecule has 0 radical (unpaired) electrons. The van der Waals surface area contributed by atoms with Gasteiger partial charge in [-0.1, -0.05) is 36.0 Å². The first-order valence-electron chi connectivity index (χ1n) is 6.79. The zero-order chi connectivity index (χ0) is 14.9. The van der Waals surface area contributed by atoms with E-state index >= 15 is 0 Å². The molecule has 2 N–H and O–H groups in total. The largest absolute Gasteiger partial charge is 0.383 e. The number of thioether (sulfide) groups is 1. The molecule has 0 fully saturated rings. The minimum Gasteiger partial charge on any atom is -0.383 e. The quantitative estimate of drug-likeness (QED) is 0.574. The maximum absolute atomic E-state index is 6.01. The van der Waals surface area contributed by atoms with Gasteiger partial charge in [0.05, 0.1) is 21.5 Å². The van der Waals surface area contributed by atoms with Crippen molar-refractivity contribution in [1.29, 1.82) is 0 Å². The van der Waals surface area contributed by atoms with E-state index in [1.807, 2.05) is 42.5 Å². The second kappa shape index (κ2) is 5.55. The van der Waals surface area contributed by atoms with E-state index in [4.69, 9.17) is 5.73 Å². The first-order valence-corrected chi connectivity index (χ1v) is 8.59. The van der Waals surface area contributed by atoms with E-state index in [1.54, 1.807) is 23.1 Å². The van der Waals surface area contributed by atoms with Crippen molar-refractivity contribution in [2.24, 2.45) is 0 Å². The molecular weight excluding hydrogens is 312 g/mol. The third-order valence-corrected chi connectivity index (χ3v) is 5.45. The lowest BCUT2D eigenvalue weighted by Gasteiger charge is -2.04. The molecule has 0 saturated carbocycles. The van der Waals surface area contributed by atoms with Crippen molar-refractivity contribution in [3.05, 3.63) is 54.4 Å². The molecule has 2 heterocycles. The fourth-order valence-corrected chi connectivity index (χ4v) is 4.18. The summed E-state index contributed by atoms with van der Waals surface area (Å²) in [5.74, 6) is 1.93. The molecule has 6 heteroatoms. The number of aromatic nitrogens is 3. The Morgan fingerprint density at radius 2 is 1.68 bits per heavy atom. The van der Waals surface area contributed by atoms with Crippen LogP contribution in [0.25, 0.3) is 21.1 Å². The number of anilines is 1. The molecule has 2 aromatic carbocycles. The van der Waals surface area contributed by atoms with Gasteiger partial charge in [0.25, 0.3) is 0 Å². The summed E-state index contributed by atoms with van der Waals surface area (Å²) in [4.78, 5) is 13.6. The Morgan fingerprint density at radius 3 is 2.55 bits per heavy atom. The standard InChI is InChI=1S/C16H12N4S2/c17-15-10-5-1-2-6-11(10)18-14(20-15)9-21-16-19-12-7-3-4-8-13(12)22-16/h1-8H,9H2,(H2,17,18,20). The Morgan fingerprint density at radius 1 is 0.909 bits per heavy atom. The smallest absolute Gasteiger partial charge is 0.151 e. The molecule has 0 saturated heterocycles. The number of nitrogens with two attached hydrogens (primary N) is 1. The highest BCUT2D eigenvalue weighted by Gasteiger charge is 2.08. The SMILES string of the molecule is Nc1nc(CSc2nc3ccccc3s2)nc2ccccc12. The minimum absolute atomic E-state index is 0.533. The molecule has 0 amide bonds. The van der Waals surface area contributed by atoms with E-state index < -0.39 is 0 Å². The summed E-state index contributed by atoms with van der Waals surface area (Å²) in [6.07, 6.45) is 0. The Balaban J connectivity index is 1.60. The highest BCUT2D eigenvalue weighted by molar-refractivity contribution is 8.00. The number of nitrogen functional groups attached to an aromatic ring is 1. The molecule has 4 rings (SSSR count). The summed E-state index contributed by atoms with van der Waals surface area (Å²) < 4.78 is 2.22. The molecule has 108 valence electrons. The van der Waals surface area contributed by atoms with Crippen LogP contribution in [0.5, 0.6) is 0 Å². The summed E-state index contributed by atoms with van der Waals surface area (Å²) in [6, 6.07) is 15.9. The van der Waals surface area contributed by atoms with Crippen LogP contribution in [-0.2, 0) is 5.75 Å². The van der Waals surface area contributed by atoms with Crippen LogP contribution in [0, 0.1) is 0 Å². The second-order valence-electron chi connectivity index (χ2n) is 4.78. The van der Waals surface area contributed by atoms with Gasteiger partial charge in [0.2, 0.25) is 0 Å². The van der Waals surface area contributed by atoms with Crippen molar-refractivity contribution in [2.45, 2.75) is 10.1 Å². The van der Waals surface area contributed by atoms with Crippen molar-refractivity contribution in [3.63, 3.8) is 0 Å². The second-order valence-corrected chi connectivity index (χ2v) is 7.03. The van der Waals surface area contributed by atoms with Gasteiger partial charge in [0, 0.05) is 5.39 Å². The molecule has 0 spiro atoms. The number of hydrogen-bond acceptors (Lipinski definition) is 6. The van der Waals surface area contributed by atoms with Gasteiger partial charge >= 0.3 is 0 Å². The number of benzene rings is 2. The van der Waals surface area contributed by atoms with Crippen LogP contribution >= 0.6 is 23.1 Å². The summed E-state index contributed by atoms with van der Waals surface area (Å²) in [5.41, 5.74) is 7.93. The van der Waals surface area contributed by atoms with Crippen molar-refractivity contribution in [2.75, 3.05) is 5.73 Å². The number of rotatable bonds is 3. The molecular formula is C16H12N4S2. The molecule has 0 aliphatic heterocycles. The average molecular weight is 324 g/mol. The predicted octanol–water partition coefficient (Wildman–Crippen LogP) is 4.11. The molecule has 22 heavy (non-hydrogen) atoms. The van der Waals surface area contributed by atoms with Crippen molar-refractivity contribution in [3.8, 4) is 0 Å². The van der Waals surface area contributed by atoms with E-state index in [0.717, 1.165) is 26.6 Å². The van der Waals surface area contributed by atoms with Crippen LogP contribution in [0.3, 0.4) is 0 Å². The van der Waals surface area contributed by atoms with Gasteiger partial charge in [-0.05, 0) is 24.3 Å². The van der Waals surface area contributed by atoms with Crippen molar-refractivity contribution in [1.82, 2.24) is 15.0 Å². The van der Waals surface area contributed by atoms with Gasteiger partial charge in [-0.15, -0.1) is 11.3 Å². The maximum Gasteiger partial charge on any atom is 0.151 e. The van der Waals surface area contributed by atoms with E-state index in [1.165, 1.54) is 4.70 Å². The van der Waals surface area contributed by atoms with Gasteiger partial charge in [-0.2, -0.15) is 0 Å². The van der Waals surface area contributed by atoms with Gasteiger partial charge < -0.3 is 5.73 Å². The first kappa shape index (κ1) is 13.5. The summed E-state index contributed by atoms with van der Waals surface area (Å²) in [7, 11) is 0. The number of nitrogens with zero attached hydrogens (tertiary/aromatic N) is 3. The number of thiazole rings is 1. The van der Waals surface area contributed by atoms with Crippen LogP contribution in [0.15, 0.2) is 52.9 Å². The zero-order valence-corrected chi connectivity index (χ0v) is 13.2. The lowest BCUT2D eigenvalue weighted by molar-refractivity contribution is 1.07. The average Bonchev–Trinajstić information content (AvgIpc) is 2.96. The zero-order valence-electron chi connectivity index (χ0n) is 11.6. The molecule has 0 aliphatic rings. The van der Waals surface area contributed by atoms with Gasteiger partial charge in [0.15, 0.2) is 4.34 Å². The van der Waals surface area contributed by atoms with Crippen LogP contribution in [-0.4, -0.2) is 15.0 Å². The summed E-state index contributed by atoms with van der Waals surface area (Å²) >= 11 is 3.33. The third kappa shape index (κ3) is 2.51. The number of para-hydroxylation sites is 2. The van der Waals surface area contributed by atoms with Crippen LogP contribution < -0.4 is 5.73 Å². The fraction of sp³-hybridized carbons (Fsp3) is 0.0625. The maximum atomic E-state index is 6.01. The van der Waals surface area contributed by atoms with Crippen molar-refractivity contribution >= 4 is 50.0 Å². The molecule has 0 aliphatic carbocycles. The fourth-order valence-electron chi connectivity index (χ4n) is 2.25. The normalized spacial score (nSPS) is 11.3. The molecule has 2 aromatic heterocycles. The minimum atomic E-state index is 0.533. The third-order valence-electron chi connectivity index (χ3n) is 3.28. The molecule has 0 bridgehead atoms. The van der Waals surface area contributed by atoms with Gasteiger partial charge in [-0.25, -0.2) is 15.0 Å². The highest BCUT2D eigenvalue weighted by Crippen LogP contribution is 2.31. The highest BCUT2D eigenvalue weighted by atomic mass is 32.2. The molecule has 4 aromatic rings. The monoisotopic (exact) mass is 324 g/mol.